The molecule has 0 bridgehead atoms. The van der Waals surface area contributed by atoms with Crippen LogP contribution in [0.15, 0.2) is 47.4 Å². The summed E-state index contributed by atoms with van der Waals surface area (Å²) in [4.78, 5) is 11.1. The molecule has 0 aromatic heterocycles. The summed E-state index contributed by atoms with van der Waals surface area (Å²) in [5.41, 5.74) is 0.669. The average Bonchev–Trinajstić information content (AvgIpc) is 2.54. The van der Waals surface area contributed by atoms with E-state index in [4.69, 9.17) is 4.74 Å². The molecule has 1 aliphatic rings. The van der Waals surface area contributed by atoms with Gasteiger partial charge in [-0.15, -0.1) is 0 Å². The van der Waals surface area contributed by atoms with Gasteiger partial charge in [0.25, 0.3) is 10.0 Å². The molecule has 1 N–H and O–H groups in total. The Bertz CT molecular complexity index is 881. The molecule has 0 spiro atoms. The van der Waals surface area contributed by atoms with E-state index in [0.717, 1.165) is 10.4 Å². The quantitative estimate of drug-likeness (QED) is 0.922. The monoisotopic (exact) mass is 350 g/mol. The number of hydrogen-bond acceptors (Lipinski definition) is 4. The van der Waals surface area contributed by atoms with Gasteiger partial charge in [-0.2, -0.15) is 0 Å². The zero-order valence-corrected chi connectivity index (χ0v) is 13.6. The molecule has 2 aromatic carbocycles. The first kappa shape index (κ1) is 16.3. The maximum atomic E-state index is 13.5. The Labute approximate surface area is 138 Å². The number of carbonyl (C=O) groups is 1. The Morgan fingerprint density at radius 1 is 1.21 bits per heavy atom. The van der Waals surface area contributed by atoms with Crippen LogP contribution in [0.4, 0.5) is 15.8 Å². The first-order valence-corrected chi connectivity index (χ1v) is 8.65. The van der Waals surface area contributed by atoms with Crippen molar-refractivity contribution in [3.05, 3.63) is 48.3 Å². The highest BCUT2D eigenvalue weighted by atomic mass is 32.2. The number of rotatable bonds is 3. The molecular formula is C16H15FN2O4S. The van der Waals surface area contributed by atoms with Crippen LogP contribution in [-0.4, -0.2) is 27.5 Å². The second-order valence-corrected chi connectivity index (χ2v) is 7.11. The summed E-state index contributed by atoms with van der Waals surface area (Å²) in [6.45, 7) is 1.64. The van der Waals surface area contributed by atoms with Crippen LogP contribution in [0.25, 0.3) is 0 Å². The van der Waals surface area contributed by atoms with Crippen LogP contribution in [0.5, 0.6) is 5.75 Å². The molecule has 126 valence electrons. The minimum absolute atomic E-state index is 0.0497. The third-order valence-electron chi connectivity index (χ3n) is 3.50. The molecule has 0 aliphatic carbocycles. The van der Waals surface area contributed by atoms with Crippen LogP contribution < -0.4 is 14.4 Å². The van der Waals surface area contributed by atoms with E-state index in [0.29, 0.717) is 11.4 Å². The maximum Gasteiger partial charge on any atom is 0.264 e. The Hall–Kier alpha value is -2.61. The lowest BCUT2D eigenvalue weighted by atomic mass is 10.2. The largest absolute Gasteiger partial charge is 0.489 e. The van der Waals surface area contributed by atoms with Crippen molar-refractivity contribution in [2.24, 2.45) is 0 Å². The van der Waals surface area contributed by atoms with Crippen LogP contribution in [0.2, 0.25) is 0 Å². The van der Waals surface area contributed by atoms with E-state index in [-0.39, 0.29) is 29.6 Å². The van der Waals surface area contributed by atoms with E-state index in [2.05, 4.69) is 5.32 Å². The van der Waals surface area contributed by atoms with Gasteiger partial charge in [0.15, 0.2) is 0 Å². The van der Waals surface area contributed by atoms with Crippen molar-refractivity contribution in [3.63, 3.8) is 0 Å². The van der Waals surface area contributed by atoms with Gasteiger partial charge in [0, 0.05) is 18.7 Å². The highest BCUT2D eigenvalue weighted by Crippen LogP contribution is 2.35. The van der Waals surface area contributed by atoms with Crippen molar-refractivity contribution in [2.45, 2.75) is 11.8 Å². The molecule has 0 saturated heterocycles. The Balaban J connectivity index is 1.97. The zero-order valence-electron chi connectivity index (χ0n) is 12.8. The number of nitrogens with one attached hydrogen (secondary N) is 1. The number of anilines is 2. The molecule has 24 heavy (non-hydrogen) atoms. The molecule has 1 amide bonds. The van der Waals surface area contributed by atoms with E-state index in [1.807, 2.05) is 0 Å². The van der Waals surface area contributed by atoms with Crippen LogP contribution in [0.3, 0.4) is 0 Å². The molecule has 8 heteroatoms. The van der Waals surface area contributed by atoms with E-state index in [1.165, 1.54) is 43.3 Å². The molecule has 0 radical (unpaired) electrons. The SMILES string of the molecule is CC(=O)Nc1ccc(S(=O)(=O)N2CCOc3ccc(F)cc32)cc1. The van der Waals surface area contributed by atoms with Crippen LogP contribution >= 0.6 is 0 Å². The third kappa shape index (κ3) is 3.05. The van der Waals surface area contributed by atoms with Gasteiger partial charge in [0.2, 0.25) is 5.91 Å². The van der Waals surface area contributed by atoms with Gasteiger partial charge in [-0.05, 0) is 36.4 Å². The zero-order chi connectivity index (χ0) is 17.3. The van der Waals surface area contributed by atoms with Crippen molar-refractivity contribution in [3.8, 4) is 5.75 Å². The van der Waals surface area contributed by atoms with Crippen LogP contribution in [0.1, 0.15) is 6.92 Å². The van der Waals surface area contributed by atoms with Gasteiger partial charge >= 0.3 is 0 Å². The van der Waals surface area contributed by atoms with Gasteiger partial charge in [0.05, 0.1) is 17.1 Å². The lowest BCUT2D eigenvalue weighted by Crippen LogP contribution is -2.38. The number of sulfonamides is 1. The van der Waals surface area contributed by atoms with Crippen molar-refractivity contribution in [1.29, 1.82) is 0 Å². The standard InChI is InChI=1S/C16H15FN2O4S/c1-11(20)18-13-3-5-14(6-4-13)24(21,22)19-8-9-23-16-7-2-12(17)10-15(16)19/h2-7,10H,8-9H2,1H3,(H,18,20). The Morgan fingerprint density at radius 3 is 2.58 bits per heavy atom. The Kier molecular flexibility index (Phi) is 4.15. The minimum atomic E-state index is -3.86. The highest BCUT2D eigenvalue weighted by molar-refractivity contribution is 7.92. The molecule has 0 unspecified atom stereocenters. The number of carbonyl (C=O) groups excluding carboxylic acids is 1. The molecule has 2 aromatic rings. The number of hydrogen-bond donors (Lipinski definition) is 1. The number of nitrogens with zero attached hydrogens (tertiary/aromatic N) is 1. The molecule has 1 aliphatic heterocycles. The summed E-state index contributed by atoms with van der Waals surface area (Å²) >= 11 is 0. The van der Waals surface area contributed by atoms with Crippen LogP contribution in [-0.2, 0) is 14.8 Å². The molecule has 3 rings (SSSR count). The lowest BCUT2D eigenvalue weighted by molar-refractivity contribution is -0.114. The maximum absolute atomic E-state index is 13.5. The topological polar surface area (TPSA) is 75.7 Å². The van der Waals surface area contributed by atoms with Gasteiger partial charge in [-0.1, -0.05) is 0 Å². The average molecular weight is 350 g/mol. The predicted octanol–water partition coefficient (Wildman–Crippen LogP) is 2.37. The molecule has 0 saturated carbocycles. The fraction of sp³-hybridized carbons (Fsp3) is 0.188. The van der Waals surface area contributed by atoms with E-state index in [1.54, 1.807) is 0 Å². The summed E-state index contributed by atoms with van der Waals surface area (Å²) in [6, 6.07) is 9.56. The second-order valence-electron chi connectivity index (χ2n) is 5.24. The fourth-order valence-corrected chi connectivity index (χ4v) is 3.91. The fourth-order valence-electron chi connectivity index (χ4n) is 2.46. The predicted molar refractivity (Wildman–Crippen MR) is 87.2 cm³/mol. The number of benzene rings is 2. The summed E-state index contributed by atoms with van der Waals surface area (Å²) in [5, 5.41) is 2.57. The number of fused-ring (bicyclic) bond motifs is 1. The summed E-state index contributed by atoms with van der Waals surface area (Å²) in [7, 11) is -3.86. The number of ether oxygens (including phenoxy) is 1. The lowest BCUT2D eigenvalue weighted by Gasteiger charge is -2.30. The number of halogens is 1. The molecular weight excluding hydrogens is 335 g/mol. The van der Waals surface area contributed by atoms with Crippen LogP contribution in [0, 0.1) is 5.82 Å². The third-order valence-corrected chi connectivity index (χ3v) is 5.33. The Morgan fingerprint density at radius 2 is 1.92 bits per heavy atom. The second kappa shape index (κ2) is 6.12. The molecule has 6 nitrogen and oxygen atoms in total. The van der Waals surface area contributed by atoms with Crippen molar-refractivity contribution >= 4 is 27.3 Å². The smallest absolute Gasteiger partial charge is 0.264 e. The first-order valence-electron chi connectivity index (χ1n) is 7.21. The van der Waals surface area contributed by atoms with Crippen molar-refractivity contribution in [1.82, 2.24) is 0 Å². The van der Waals surface area contributed by atoms with E-state index in [9.17, 15) is 17.6 Å². The summed E-state index contributed by atoms with van der Waals surface area (Å²) in [6.07, 6.45) is 0. The summed E-state index contributed by atoms with van der Waals surface area (Å²) in [5.74, 6) is -0.468. The van der Waals surface area contributed by atoms with E-state index >= 15 is 0 Å². The van der Waals surface area contributed by atoms with Gasteiger partial charge in [-0.25, -0.2) is 12.8 Å². The normalized spacial score (nSPS) is 13.8. The van der Waals surface area contributed by atoms with Crippen molar-refractivity contribution < 1.29 is 22.3 Å². The van der Waals surface area contributed by atoms with E-state index < -0.39 is 15.8 Å². The van der Waals surface area contributed by atoms with Gasteiger partial charge in [0.1, 0.15) is 18.2 Å². The van der Waals surface area contributed by atoms with Gasteiger partial charge < -0.3 is 10.1 Å². The molecule has 0 atom stereocenters. The minimum Gasteiger partial charge on any atom is -0.489 e. The van der Waals surface area contributed by atoms with Crippen molar-refractivity contribution in [2.75, 3.05) is 22.8 Å². The first-order chi connectivity index (χ1) is 11.4. The molecule has 1 heterocycles. The number of amides is 1. The highest BCUT2D eigenvalue weighted by Gasteiger charge is 2.30. The summed E-state index contributed by atoms with van der Waals surface area (Å²) < 4.78 is 45.7. The van der Waals surface area contributed by atoms with Gasteiger partial charge in [-0.3, -0.25) is 9.10 Å². The molecule has 0 fully saturated rings.